The molecule has 1 atom stereocenters. The minimum atomic E-state index is -1.49. The molecule has 0 aliphatic carbocycles. The first-order valence-electron chi connectivity index (χ1n) is 10.5. The summed E-state index contributed by atoms with van der Waals surface area (Å²) in [6.45, 7) is 4.43. The van der Waals surface area contributed by atoms with Gasteiger partial charge in [0.15, 0.2) is 5.60 Å². The van der Waals surface area contributed by atoms with E-state index in [0.717, 1.165) is 38.5 Å². The van der Waals surface area contributed by atoms with Gasteiger partial charge in [0.1, 0.15) is 0 Å². The van der Waals surface area contributed by atoms with Crippen LogP contribution in [0.1, 0.15) is 123 Å². The number of aliphatic hydroxyl groups is 1. The minimum absolute atomic E-state index is 0.409. The first-order valence-corrected chi connectivity index (χ1v) is 10.5. The van der Waals surface area contributed by atoms with E-state index in [1.807, 2.05) is 0 Å². The molecule has 0 aromatic rings. The monoisotopic (exact) mass is 342 g/mol. The molecule has 0 aliphatic rings. The normalized spacial score (nSPS) is 13.8. The van der Waals surface area contributed by atoms with Gasteiger partial charge in [0.25, 0.3) is 0 Å². The van der Waals surface area contributed by atoms with E-state index in [-0.39, 0.29) is 0 Å². The van der Waals surface area contributed by atoms with Gasteiger partial charge in [-0.05, 0) is 25.7 Å². The maximum atomic E-state index is 11.4. The van der Waals surface area contributed by atoms with Crippen molar-refractivity contribution in [1.82, 2.24) is 0 Å². The van der Waals surface area contributed by atoms with Crippen LogP contribution in [0.15, 0.2) is 0 Å². The van der Waals surface area contributed by atoms with E-state index in [9.17, 15) is 15.0 Å². The second kappa shape index (κ2) is 15.9. The fourth-order valence-electron chi connectivity index (χ4n) is 3.26. The summed E-state index contributed by atoms with van der Waals surface area (Å²) >= 11 is 0. The van der Waals surface area contributed by atoms with E-state index in [2.05, 4.69) is 13.8 Å². The van der Waals surface area contributed by atoms with Crippen LogP contribution in [0.2, 0.25) is 0 Å². The molecule has 1 unspecified atom stereocenters. The van der Waals surface area contributed by atoms with Crippen LogP contribution in [-0.4, -0.2) is 21.8 Å². The number of carbonyl (C=O) groups is 1. The fraction of sp³-hybridized carbons (Fsp3) is 0.952. The zero-order chi connectivity index (χ0) is 18.1. The number of hydrogen-bond donors (Lipinski definition) is 2. The standard InChI is InChI=1S/C21H42O3/c1-3-5-7-9-11-13-15-17-19-21(24,20(22)23)18-16-14-12-10-8-6-4-2/h24H,3-19H2,1-2H3,(H,22,23). The highest BCUT2D eigenvalue weighted by molar-refractivity contribution is 5.76. The lowest BCUT2D eigenvalue weighted by molar-refractivity contribution is -0.160. The van der Waals surface area contributed by atoms with E-state index in [0.29, 0.717) is 12.8 Å². The van der Waals surface area contributed by atoms with Gasteiger partial charge in [0.2, 0.25) is 0 Å². The minimum Gasteiger partial charge on any atom is -0.479 e. The second-order valence-corrected chi connectivity index (χ2v) is 7.43. The highest BCUT2D eigenvalue weighted by atomic mass is 16.4. The Labute approximate surface area is 150 Å². The lowest BCUT2D eigenvalue weighted by Gasteiger charge is -2.23. The third kappa shape index (κ3) is 12.8. The molecule has 0 aliphatic heterocycles. The molecule has 0 aromatic carbocycles. The van der Waals surface area contributed by atoms with Crippen molar-refractivity contribution in [3.05, 3.63) is 0 Å². The number of hydrogen-bond acceptors (Lipinski definition) is 2. The van der Waals surface area contributed by atoms with Crippen LogP contribution in [-0.2, 0) is 4.79 Å². The molecule has 144 valence electrons. The highest BCUT2D eigenvalue weighted by Gasteiger charge is 2.34. The maximum absolute atomic E-state index is 11.4. The molecule has 3 heteroatoms. The molecule has 0 aromatic heterocycles. The summed E-state index contributed by atoms with van der Waals surface area (Å²) in [5.41, 5.74) is -1.49. The molecular formula is C21H42O3. The molecular weight excluding hydrogens is 300 g/mol. The Balaban J connectivity index is 3.74. The van der Waals surface area contributed by atoms with Gasteiger partial charge < -0.3 is 10.2 Å². The average Bonchev–Trinajstić information content (AvgIpc) is 2.56. The molecule has 0 spiro atoms. The molecule has 0 saturated carbocycles. The third-order valence-electron chi connectivity index (χ3n) is 5.04. The van der Waals surface area contributed by atoms with Crippen LogP contribution in [0.4, 0.5) is 0 Å². The maximum Gasteiger partial charge on any atom is 0.335 e. The first-order chi connectivity index (χ1) is 11.6. The third-order valence-corrected chi connectivity index (χ3v) is 5.04. The Morgan fingerprint density at radius 2 is 0.917 bits per heavy atom. The lowest BCUT2D eigenvalue weighted by atomic mass is 9.89. The number of rotatable bonds is 18. The molecule has 0 saturated heterocycles. The Morgan fingerprint density at radius 3 is 1.21 bits per heavy atom. The predicted molar refractivity (Wildman–Crippen MR) is 102 cm³/mol. The molecule has 0 rings (SSSR count). The Morgan fingerprint density at radius 1 is 0.625 bits per heavy atom. The summed E-state index contributed by atoms with van der Waals surface area (Å²) in [5.74, 6) is -1.03. The van der Waals surface area contributed by atoms with E-state index in [1.165, 1.54) is 57.8 Å². The average molecular weight is 343 g/mol. The van der Waals surface area contributed by atoms with Crippen LogP contribution in [0.25, 0.3) is 0 Å². The molecule has 3 nitrogen and oxygen atoms in total. The fourth-order valence-corrected chi connectivity index (χ4v) is 3.26. The number of unbranched alkanes of at least 4 members (excludes halogenated alkanes) is 13. The van der Waals surface area contributed by atoms with Gasteiger partial charge in [-0.15, -0.1) is 0 Å². The summed E-state index contributed by atoms with van der Waals surface area (Å²) in [4.78, 5) is 11.4. The van der Waals surface area contributed by atoms with Gasteiger partial charge in [-0.25, -0.2) is 4.79 Å². The largest absolute Gasteiger partial charge is 0.479 e. The Bertz CT molecular complexity index is 291. The SMILES string of the molecule is CCCCCCCCCCC(O)(CCCCCCCCC)C(=O)O. The molecule has 0 fully saturated rings. The van der Waals surface area contributed by atoms with E-state index < -0.39 is 11.6 Å². The number of aliphatic carboxylic acids is 1. The van der Waals surface area contributed by atoms with Crippen molar-refractivity contribution < 1.29 is 15.0 Å². The van der Waals surface area contributed by atoms with Crippen LogP contribution in [0.3, 0.4) is 0 Å². The second-order valence-electron chi connectivity index (χ2n) is 7.43. The van der Waals surface area contributed by atoms with Gasteiger partial charge >= 0.3 is 5.97 Å². The van der Waals surface area contributed by atoms with Gasteiger partial charge in [0, 0.05) is 0 Å². The van der Waals surface area contributed by atoms with Crippen LogP contribution < -0.4 is 0 Å². The highest BCUT2D eigenvalue weighted by Crippen LogP contribution is 2.24. The molecule has 0 bridgehead atoms. The summed E-state index contributed by atoms with van der Waals surface area (Å²) in [5, 5.41) is 19.8. The van der Waals surface area contributed by atoms with Crippen LogP contribution in [0, 0.1) is 0 Å². The van der Waals surface area contributed by atoms with Gasteiger partial charge in [-0.2, -0.15) is 0 Å². The Hall–Kier alpha value is -0.570. The summed E-state index contributed by atoms with van der Waals surface area (Å²) in [6.07, 6.45) is 18.3. The van der Waals surface area contributed by atoms with Crippen molar-refractivity contribution in [3.8, 4) is 0 Å². The van der Waals surface area contributed by atoms with E-state index >= 15 is 0 Å². The molecule has 0 radical (unpaired) electrons. The van der Waals surface area contributed by atoms with Crippen molar-refractivity contribution in [2.24, 2.45) is 0 Å². The van der Waals surface area contributed by atoms with Crippen molar-refractivity contribution in [3.63, 3.8) is 0 Å². The van der Waals surface area contributed by atoms with Gasteiger partial charge in [0.05, 0.1) is 0 Å². The van der Waals surface area contributed by atoms with E-state index in [1.54, 1.807) is 0 Å². The van der Waals surface area contributed by atoms with Gasteiger partial charge in [-0.1, -0.05) is 97.3 Å². The Kier molecular flexibility index (Phi) is 15.6. The molecule has 2 N–H and O–H groups in total. The van der Waals surface area contributed by atoms with Crippen molar-refractivity contribution in [2.45, 2.75) is 129 Å². The van der Waals surface area contributed by atoms with Crippen molar-refractivity contribution in [2.75, 3.05) is 0 Å². The summed E-state index contributed by atoms with van der Waals surface area (Å²) < 4.78 is 0. The summed E-state index contributed by atoms with van der Waals surface area (Å²) in [7, 11) is 0. The smallest absolute Gasteiger partial charge is 0.335 e. The molecule has 0 heterocycles. The zero-order valence-corrected chi connectivity index (χ0v) is 16.3. The van der Waals surface area contributed by atoms with Crippen molar-refractivity contribution >= 4 is 5.97 Å². The van der Waals surface area contributed by atoms with Crippen LogP contribution >= 0.6 is 0 Å². The first kappa shape index (κ1) is 23.4. The molecule has 0 amide bonds. The van der Waals surface area contributed by atoms with Gasteiger partial charge in [-0.3, -0.25) is 0 Å². The quantitative estimate of drug-likeness (QED) is 0.280. The van der Waals surface area contributed by atoms with Crippen LogP contribution in [0.5, 0.6) is 0 Å². The number of carboxylic acids is 1. The zero-order valence-electron chi connectivity index (χ0n) is 16.3. The predicted octanol–water partition coefficient (Wildman–Crippen LogP) is 6.47. The summed E-state index contributed by atoms with van der Waals surface area (Å²) in [6, 6.07) is 0. The lowest BCUT2D eigenvalue weighted by Crippen LogP contribution is -2.38. The molecule has 24 heavy (non-hydrogen) atoms. The van der Waals surface area contributed by atoms with E-state index in [4.69, 9.17) is 0 Å². The van der Waals surface area contributed by atoms with Crippen molar-refractivity contribution in [1.29, 1.82) is 0 Å². The number of carboxylic acid groups (broad SMARTS) is 1. The topological polar surface area (TPSA) is 57.5 Å².